The molecule has 1 saturated heterocycles. The van der Waals surface area contributed by atoms with Gasteiger partial charge in [-0.2, -0.15) is 0 Å². The van der Waals surface area contributed by atoms with Crippen molar-refractivity contribution in [3.05, 3.63) is 23.7 Å². The molecule has 114 valence electrons. The summed E-state index contributed by atoms with van der Waals surface area (Å²) < 4.78 is 17.3. The highest BCUT2D eigenvalue weighted by atomic mass is 16.5. The summed E-state index contributed by atoms with van der Waals surface area (Å²) in [6.45, 7) is 8.82. The number of nitrogens with one attached hydrogen (secondary N) is 1. The van der Waals surface area contributed by atoms with Gasteiger partial charge in [0.15, 0.2) is 0 Å². The highest BCUT2D eigenvalue weighted by Gasteiger charge is 2.25. The van der Waals surface area contributed by atoms with Gasteiger partial charge in [-0.3, -0.25) is 0 Å². The molecule has 1 N–H and O–H groups in total. The summed E-state index contributed by atoms with van der Waals surface area (Å²) in [4.78, 5) is 0. The van der Waals surface area contributed by atoms with Gasteiger partial charge in [-0.1, -0.05) is 6.92 Å². The van der Waals surface area contributed by atoms with Crippen LogP contribution >= 0.6 is 0 Å². The van der Waals surface area contributed by atoms with E-state index in [0.29, 0.717) is 6.61 Å². The Morgan fingerprint density at radius 3 is 2.75 bits per heavy atom. The number of furan rings is 1. The van der Waals surface area contributed by atoms with Crippen LogP contribution in [-0.4, -0.2) is 24.9 Å². The van der Waals surface area contributed by atoms with Crippen LogP contribution in [0.4, 0.5) is 0 Å². The molecule has 4 nitrogen and oxygen atoms in total. The molecule has 0 bridgehead atoms. The maximum atomic E-state index is 6.01. The monoisotopic (exact) mass is 281 g/mol. The molecular formula is C16H27NO3. The molecule has 0 aromatic carbocycles. The lowest BCUT2D eigenvalue weighted by Gasteiger charge is -2.31. The van der Waals surface area contributed by atoms with Gasteiger partial charge in [-0.15, -0.1) is 0 Å². The zero-order valence-electron chi connectivity index (χ0n) is 12.9. The van der Waals surface area contributed by atoms with Gasteiger partial charge in [0.2, 0.25) is 0 Å². The first-order valence-corrected chi connectivity index (χ1v) is 7.72. The molecular weight excluding hydrogens is 254 g/mol. The molecule has 1 aromatic rings. The standard InChI is InChI=1S/C16H27NO3/c1-4-6-17-10-14-5-7-18-16(14)11-19-15-8-12(2)20-13(3)9-15/h5,7,12-13,15,17H,4,6,8-11H2,1-3H3. The van der Waals surface area contributed by atoms with E-state index in [4.69, 9.17) is 13.9 Å². The molecule has 4 heteroatoms. The highest BCUT2D eigenvalue weighted by molar-refractivity contribution is 5.16. The van der Waals surface area contributed by atoms with Gasteiger partial charge in [0.25, 0.3) is 0 Å². The van der Waals surface area contributed by atoms with E-state index in [1.807, 2.05) is 6.07 Å². The van der Waals surface area contributed by atoms with Crippen LogP contribution in [0.3, 0.4) is 0 Å². The van der Waals surface area contributed by atoms with Crippen molar-refractivity contribution >= 4 is 0 Å². The summed E-state index contributed by atoms with van der Waals surface area (Å²) in [6.07, 6.45) is 5.66. The van der Waals surface area contributed by atoms with Crippen molar-refractivity contribution in [2.45, 2.75) is 71.5 Å². The fraction of sp³-hybridized carbons (Fsp3) is 0.750. The second kappa shape index (κ2) is 7.81. The minimum atomic E-state index is 0.273. The third kappa shape index (κ3) is 4.62. The minimum absolute atomic E-state index is 0.273. The van der Waals surface area contributed by atoms with Crippen molar-refractivity contribution in [1.29, 1.82) is 0 Å². The average Bonchev–Trinajstić information content (AvgIpc) is 2.83. The van der Waals surface area contributed by atoms with E-state index in [0.717, 1.165) is 38.1 Å². The summed E-state index contributed by atoms with van der Waals surface area (Å²) >= 11 is 0. The smallest absolute Gasteiger partial charge is 0.133 e. The van der Waals surface area contributed by atoms with Gasteiger partial charge in [-0.05, 0) is 45.7 Å². The summed E-state index contributed by atoms with van der Waals surface area (Å²) in [7, 11) is 0. The minimum Gasteiger partial charge on any atom is -0.467 e. The van der Waals surface area contributed by atoms with Crippen LogP contribution in [0, 0.1) is 0 Å². The van der Waals surface area contributed by atoms with E-state index >= 15 is 0 Å². The lowest BCUT2D eigenvalue weighted by molar-refractivity contribution is -0.108. The molecule has 0 spiro atoms. The Labute approximate surface area is 121 Å². The van der Waals surface area contributed by atoms with E-state index in [1.54, 1.807) is 6.26 Å². The molecule has 2 rings (SSSR count). The first kappa shape index (κ1) is 15.5. The predicted octanol–water partition coefficient (Wildman–Crippen LogP) is 3.25. The topological polar surface area (TPSA) is 43.6 Å². The van der Waals surface area contributed by atoms with Gasteiger partial charge in [0, 0.05) is 12.1 Å². The largest absolute Gasteiger partial charge is 0.467 e. The van der Waals surface area contributed by atoms with E-state index in [1.165, 1.54) is 5.56 Å². The van der Waals surface area contributed by atoms with Gasteiger partial charge < -0.3 is 19.2 Å². The van der Waals surface area contributed by atoms with Crippen LogP contribution in [0.25, 0.3) is 0 Å². The van der Waals surface area contributed by atoms with Crippen LogP contribution < -0.4 is 5.32 Å². The lowest BCUT2D eigenvalue weighted by Crippen LogP contribution is -2.34. The van der Waals surface area contributed by atoms with Gasteiger partial charge >= 0.3 is 0 Å². The van der Waals surface area contributed by atoms with Gasteiger partial charge in [0.05, 0.1) is 24.6 Å². The summed E-state index contributed by atoms with van der Waals surface area (Å²) in [5, 5.41) is 3.39. The second-order valence-electron chi connectivity index (χ2n) is 5.71. The zero-order chi connectivity index (χ0) is 14.4. The van der Waals surface area contributed by atoms with Gasteiger partial charge in [-0.25, -0.2) is 0 Å². The molecule has 2 heterocycles. The van der Waals surface area contributed by atoms with Crippen molar-refractivity contribution in [2.75, 3.05) is 6.54 Å². The highest BCUT2D eigenvalue weighted by Crippen LogP contribution is 2.23. The predicted molar refractivity (Wildman–Crippen MR) is 78.5 cm³/mol. The fourth-order valence-corrected chi connectivity index (χ4v) is 2.72. The van der Waals surface area contributed by atoms with Crippen LogP contribution in [0.15, 0.2) is 16.7 Å². The number of hydrogen-bond donors (Lipinski definition) is 1. The third-order valence-electron chi connectivity index (χ3n) is 3.68. The Hall–Kier alpha value is -0.840. The number of rotatable bonds is 7. The first-order chi connectivity index (χ1) is 9.69. The summed E-state index contributed by atoms with van der Waals surface area (Å²) in [5.41, 5.74) is 1.20. The molecule has 1 aliphatic heterocycles. The molecule has 0 saturated carbocycles. The normalized spacial score (nSPS) is 26.9. The van der Waals surface area contributed by atoms with Crippen molar-refractivity contribution in [3.63, 3.8) is 0 Å². The van der Waals surface area contributed by atoms with Crippen LogP contribution in [0.1, 0.15) is 51.4 Å². The number of ether oxygens (including phenoxy) is 2. The molecule has 0 radical (unpaired) electrons. The summed E-state index contributed by atoms with van der Waals surface area (Å²) in [6, 6.07) is 2.02. The molecule has 1 aromatic heterocycles. The Morgan fingerprint density at radius 1 is 1.30 bits per heavy atom. The second-order valence-corrected chi connectivity index (χ2v) is 5.71. The van der Waals surface area contributed by atoms with E-state index < -0.39 is 0 Å². The molecule has 1 fully saturated rings. The molecule has 2 unspecified atom stereocenters. The maximum absolute atomic E-state index is 6.01. The van der Waals surface area contributed by atoms with Crippen LogP contribution in [-0.2, 0) is 22.6 Å². The van der Waals surface area contributed by atoms with E-state index in [-0.39, 0.29) is 18.3 Å². The molecule has 2 atom stereocenters. The molecule has 0 amide bonds. The maximum Gasteiger partial charge on any atom is 0.133 e. The van der Waals surface area contributed by atoms with Crippen molar-refractivity contribution in [2.24, 2.45) is 0 Å². The molecule has 1 aliphatic rings. The molecule has 20 heavy (non-hydrogen) atoms. The van der Waals surface area contributed by atoms with Crippen molar-refractivity contribution in [3.8, 4) is 0 Å². The zero-order valence-corrected chi connectivity index (χ0v) is 12.9. The van der Waals surface area contributed by atoms with Crippen molar-refractivity contribution in [1.82, 2.24) is 5.32 Å². The Morgan fingerprint density at radius 2 is 2.05 bits per heavy atom. The summed E-state index contributed by atoms with van der Waals surface area (Å²) in [5.74, 6) is 0.945. The Bertz CT molecular complexity index is 381. The van der Waals surface area contributed by atoms with Crippen LogP contribution in [0.5, 0.6) is 0 Å². The van der Waals surface area contributed by atoms with Crippen LogP contribution in [0.2, 0.25) is 0 Å². The van der Waals surface area contributed by atoms with Gasteiger partial charge in [0.1, 0.15) is 12.4 Å². The Kier molecular flexibility index (Phi) is 6.07. The van der Waals surface area contributed by atoms with E-state index in [9.17, 15) is 0 Å². The Balaban J connectivity index is 1.80. The van der Waals surface area contributed by atoms with E-state index in [2.05, 4.69) is 26.1 Å². The first-order valence-electron chi connectivity index (χ1n) is 7.72. The number of hydrogen-bond acceptors (Lipinski definition) is 4. The SMILES string of the molecule is CCCNCc1ccoc1COC1CC(C)OC(C)C1. The fourth-order valence-electron chi connectivity index (χ4n) is 2.72. The lowest BCUT2D eigenvalue weighted by atomic mass is 10.0. The quantitative estimate of drug-likeness (QED) is 0.779. The third-order valence-corrected chi connectivity index (χ3v) is 3.68. The average molecular weight is 281 g/mol. The van der Waals surface area contributed by atoms with Crippen molar-refractivity contribution < 1.29 is 13.9 Å². The molecule has 0 aliphatic carbocycles.